The van der Waals surface area contributed by atoms with E-state index in [1.165, 1.54) is 24.3 Å². The van der Waals surface area contributed by atoms with Crippen molar-refractivity contribution in [2.75, 3.05) is 0 Å². The minimum Gasteiger partial charge on any atom is -0.504 e. The number of phenolic OH excluding ortho intramolecular Hbond substituents is 2. The van der Waals surface area contributed by atoms with Crippen LogP contribution in [0, 0.1) is 5.92 Å². The number of hydrogen-bond donors (Lipinski definition) is 5. The fourth-order valence-corrected chi connectivity index (χ4v) is 2.54. The van der Waals surface area contributed by atoms with Gasteiger partial charge in [-0.15, -0.1) is 0 Å². The molecule has 0 radical (unpaired) electrons. The van der Waals surface area contributed by atoms with Crippen LogP contribution in [0.15, 0.2) is 24.3 Å². The second-order valence-electron chi connectivity index (χ2n) is 5.56. The molecule has 0 bridgehead atoms. The second-order valence-corrected chi connectivity index (χ2v) is 5.56. The lowest BCUT2D eigenvalue weighted by atomic mass is 9.82. The fraction of sp³-hybridized carbons (Fsp3) is 0.375. The predicted molar refractivity (Wildman–Crippen MR) is 81.1 cm³/mol. The number of esters is 1. The van der Waals surface area contributed by atoms with Crippen molar-refractivity contribution in [3.05, 3.63) is 29.8 Å². The number of aliphatic carboxylic acids is 1. The first kappa shape index (κ1) is 17.8. The standard InChI is InChI=1S/C16H18O8/c17-10-4-1-8(7-12(10)19)2-6-13(20)24-15-9(16(22)23)3-5-11(18)14(15)21/h1-2,4,6-7,9,11,14-15,17-19,21H,3,5H2,(H,22,23)/b6-2+/t9?,11-,14-,15-/m1/s1. The number of rotatable bonds is 4. The Bertz CT molecular complexity index is 653. The molecule has 24 heavy (non-hydrogen) atoms. The molecule has 4 atom stereocenters. The second kappa shape index (κ2) is 7.33. The van der Waals surface area contributed by atoms with Crippen molar-refractivity contribution >= 4 is 18.0 Å². The molecule has 1 aromatic rings. The van der Waals surface area contributed by atoms with Crippen LogP contribution in [0.1, 0.15) is 18.4 Å². The number of carboxylic acid groups (broad SMARTS) is 1. The highest BCUT2D eigenvalue weighted by molar-refractivity contribution is 5.87. The Kier molecular flexibility index (Phi) is 5.42. The number of phenols is 2. The molecule has 0 aliphatic heterocycles. The molecule has 1 aliphatic carbocycles. The summed E-state index contributed by atoms with van der Waals surface area (Å²) in [4.78, 5) is 23.0. The molecule has 0 spiro atoms. The van der Waals surface area contributed by atoms with E-state index in [2.05, 4.69) is 0 Å². The summed E-state index contributed by atoms with van der Waals surface area (Å²) in [5, 5.41) is 47.2. The van der Waals surface area contributed by atoms with Gasteiger partial charge < -0.3 is 30.3 Å². The molecule has 1 unspecified atom stereocenters. The van der Waals surface area contributed by atoms with Crippen molar-refractivity contribution in [1.29, 1.82) is 0 Å². The van der Waals surface area contributed by atoms with Crippen LogP contribution < -0.4 is 0 Å². The van der Waals surface area contributed by atoms with Crippen LogP contribution in [-0.2, 0) is 14.3 Å². The van der Waals surface area contributed by atoms with Crippen molar-refractivity contribution in [1.82, 2.24) is 0 Å². The van der Waals surface area contributed by atoms with E-state index in [1.54, 1.807) is 0 Å². The van der Waals surface area contributed by atoms with Gasteiger partial charge in [-0.2, -0.15) is 0 Å². The van der Waals surface area contributed by atoms with Crippen LogP contribution >= 0.6 is 0 Å². The molecule has 1 saturated carbocycles. The third kappa shape index (κ3) is 4.03. The molecule has 130 valence electrons. The van der Waals surface area contributed by atoms with Crippen LogP contribution in [0.25, 0.3) is 6.08 Å². The Hall–Kier alpha value is -2.58. The van der Waals surface area contributed by atoms with E-state index < -0.39 is 36.2 Å². The molecular formula is C16H18O8. The van der Waals surface area contributed by atoms with Crippen LogP contribution in [0.4, 0.5) is 0 Å². The normalized spacial score (nSPS) is 27.1. The zero-order valence-electron chi connectivity index (χ0n) is 12.6. The molecule has 8 heteroatoms. The number of carboxylic acids is 1. The Morgan fingerprint density at radius 1 is 1.12 bits per heavy atom. The molecule has 5 N–H and O–H groups in total. The van der Waals surface area contributed by atoms with Gasteiger partial charge in [0.15, 0.2) is 11.5 Å². The lowest BCUT2D eigenvalue weighted by Gasteiger charge is -2.35. The smallest absolute Gasteiger partial charge is 0.331 e. The summed E-state index contributed by atoms with van der Waals surface area (Å²) >= 11 is 0. The first-order chi connectivity index (χ1) is 11.3. The Morgan fingerprint density at radius 3 is 2.46 bits per heavy atom. The summed E-state index contributed by atoms with van der Waals surface area (Å²) in [7, 11) is 0. The first-order valence-electron chi connectivity index (χ1n) is 7.29. The molecule has 1 aliphatic rings. The Balaban J connectivity index is 2.07. The van der Waals surface area contributed by atoms with Gasteiger partial charge in [0.05, 0.1) is 12.0 Å². The van der Waals surface area contributed by atoms with Crippen molar-refractivity contribution in [2.45, 2.75) is 31.2 Å². The van der Waals surface area contributed by atoms with E-state index in [9.17, 15) is 30.0 Å². The summed E-state index contributed by atoms with van der Waals surface area (Å²) in [6, 6.07) is 3.90. The van der Waals surface area contributed by atoms with Crippen molar-refractivity contribution in [3.63, 3.8) is 0 Å². The number of aromatic hydroxyl groups is 2. The van der Waals surface area contributed by atoms with Gasteiger partial charge in [-0.1, -0.05) is 6.07 Å². The summed E-state index contributed by atoms with van der Waals surface area (Å²) in [5.41, 5.74) is 0.404. The van der Waals surface area contributed by atoms with E-state index in [4.69, 9.17) is 9.84 Å². The monoisotopic (exact) mass is 338 g/mol. The first-order valence-corrected chi connectivity index (χ1v) is 7.29. The minimum atomic E-state index is -1.48. The third-order valence-corrected chi connectivity index (χ3v) is 3.88. The van der Waals surface area contributed by atoms with Gasteiger partial charge >= 0.3 is 11.9 Å². The molecule has 1 fully saturated rings. The SMILES string of the molecule is O=C(/C=C/c1ccc(O)c(O)c1)O[C@@H]1C(C(=O)O)CC[C@@H](O)[C@H]1O. The van der Waals surface area contributed by atoms with E-state index in [0.717, 1.165) is 6.08 Å². The van der Waals surface area contributed by atoms with Crippen LogP contribution in [0.3, 0.4) is 0 Å². The molecule has 0 heterocycles. The van der Waals surface area contributed by atoms with E-state index >= 15 is 0 Å². The molecule has 2 rings (SSSR count). The summed E-state index contributed by atoms with van der Waals surface area (Å²) < 4.78 is 5.00. The number of hydrogen-bond acceptors (Lipinski definition) is 7. The van der Waals surface area contributed by atoms with Gasteiger partial charge in [-0.25, -0.2) is 4.79 Å². The fourth-order valence-electron chi connectivity index (χ4n) is 2.54. The average molecular weight is 338 g/mol. The van der Waals surface area contributed by atoms with Crippen molar-refractivity contribution < 1.29 is 39.9 Å². The van der Waals surface area contributed by atoms with E-state index in [0.29, 0.717) is 5.56 Å². The van der Waals surface area contributed by atoms with Gasteiger partial charge in [-0.3, -0.25) is 4.79 Å². The highest BCUT2D eigenvalue weighted by Crippen LogP contribution is 2.29. The molecule has 0 amide bonds. The highest BCUT2D eigenvalue weighted by Gasteiger charge is 2.43. The number of carbonyl (C=O) groups excluding carboxylic acids is 1. The number of benzene rings is 1. The van der Waals surface area contributed by atoms with Gasteiger partial charge in [0.2, 0.25) is 0 Å². The van der Waals surface area contributed by atoms with E-state index in [-0.39, 0.29) is 24.3 Å². The molecule has 1 aromatic carbocycles. The summed E-state index contributed by atoms with van der Waals surface area (Å²) in [6.45, 7) is 0. The Labute approximate surface area is 137 Å². The number of ether oxygens (including phenoxy) is 1. The quantitative estimate of drug-likeness (QED) is 0.298. The lowest BCUT2D eigenvalue weighted by Crippen LogP contribution is -2.50. The zero-order valence-corrected chi connectivity index (χ0v) is 12.6. The molecule has 0 aromatic heterocycles. The largest absolute Gasteiger partial charge is 0.504 e. The molecule has 0 saturated heterocycles. The minimum absolute atomic E-state index is 0.0844. The molecule has 8 nitrogen and oxygen atoms in total. The number of aliphatic hydroxyl groups excluding tert-OH is 2. The van der Waals surface area contributed by atoms with Crippen molar-refractivity contribution in [2.24, 2.45) is 5.92 Å². The number of carbonyl (C=O) groups is 2. The van der Waals surface area contributed by atoms with Gasteiger partial charge in [0.25, 0.3) is 0 Å². The van der Waals surface area contributed by atoms with Gasteiger partial charge in [-0.05, 0) is 36.6 Å². The topological polar surface area (TPSA) is 145 Å². The maximum Gasteiger partial charge on any atom is 0.331 e. The highest BCUT2D eigenvalue weighted by atomic mass is 16.6. The summed E-state index contributed by atoms with van der Waals surface area (Å²) in [6.07, 6.45) is -1.50. The predicted octanol–water partition coefficient (Wildman–Crippen LogP) is 0.239. The van der Waals surface area contributed by atoms with Crippen molar-refractivity contribution in [3.8, 4) is 11.5 Å². The van der Waals surface area contributed by atoms with Gasteiger partial charge in [0.1, 0.15) is 12.2 Å². The maximum absolute atomic E-state index is 11.9. The lowest BCUT2D eigenvalue weighted by molar-refractivity contribution is -0.177. The zero-order chi connectivity index (χ0) is 17.9. The van der Waals surface area contributed by atoms with Gasteiger partial charge in [0, 0.05) is 6.08 Å². The Morgan fingerprint density at radius 2 is 1.83 bits per heavy atom. The third-order valence-electron chi connectivity index (χ3n) is 3.88. The van der Waals surface area contributed by atoms with Crippen LogP contribution in [0.2, 0.25) is 0 Å². The molecular weight excluding hydrogens is 320 g/mol. The number of aliphatic hydroxyl groups is 2. The summed E-state index contributed by atoms with van der Waals surface area (Å²) in [5.74, 6) is -3.88. The van der Waals surface area contributed by atoms with Crippen LogP contribution in [0.5, 0.6) is 11.5 Å². The average Bonchev–Trinajstić information content (AvgIpc) is 2.53. The van der Waals surface area contributed by atoms with E-state index in [1.807, 2.05) is 0 Å². The maximum atomic E-state index is 11.9. The van der Waals surface area contributed by atoms with Crippen LogP contribution in [-0.4, -0.2) is 55.8 Å².